The van der Waals surface area contributed by atoms with Crippen LogP contribution in [0.25, 0.3) is 0 Å². The molecule has 1 aliphatic rings. The van der Waals surface area contributed by atoms with E-state index in [1.54, 1.807) is 19.2 Å². The standard InChI is InChI=1S/C19H21F2N3O4.HI/c1-22-19(23-9-12-4-6-15-16(7-12)27-11-26-15)24-10-13-3-5-14(25-2)17(8-13)28-18(20)21;/h3-8,18H,9-11H2,1-2H3,(H2,22,23,24);1H. The Hall–Kier alpha value is -2.50. The van der Waals surface area contributed by atoms with E-state index in [1.165, 1.54) is 13.2 Å². The van der Waals surface area contributed by atoms with Crippen LogP contribution in [-0.4, -0.2) is 33.5 Å². The van der Waals surface area contributed by atoms with Crippen molar-refractivity contribution in [3.05, 3.63) is 47.5 Å². The van der Waals surface area contributed by atoms with Crippen LogP contribution in [0.1, 0.15) is 11.1 Å². The number of rotatable bonds is 7. The fourth-order valence-corrected chi connectivity index (χ4v) is 2.66. The van der Waals surface area contributed by atoms with E-state index in [0.717, 1.165) is 16.9 Å². The summed E-state index contributed by atoms with van der Waals surface area (Å²) in [5, 5.41) is 6.31. The van der Waals surface area contributed by atoms with Gasteiger partial charge in [0.25, 0.3) is 0 Å². The van der Waals surface area contributed by atoms with Gasteiger partial charge in [0.05, 0.1) is 7.11 Å². The summed E-state index contributed by atoms with van der Waals surface area (Å²) in [5.74, 6) is 2.24. The van der Waals surface area contributed by atoms with E-state index in [0.29, 0.717) is 24.8 Å². The minimum absolute atomic E-state index is 0. The van der Waals surface area contributed by atoms with Gasteiger partial charge in [-0.25, -0.2) is 0 Å². The lowest BCUT2D eigenvalue weighted by Crippen LogP contribution is -2.36. The summed E-state index contributed by atoms with van der Waals surface area (Å²) < 4.78 is 45.3. The van der Waals surface area contributed by atoms with Crippen molar-refractivity contribution >= 4 is 29.9 Å². The molecular formula is C19H22F2IN3O4. The molecule has 1 aliphatic heterocycles. The van der Waals surface area contributed by atoms with Crippen molar-refractivity contribution in [2.45, 2.75) is 19.7 Å². The number of guanidine groups is 1. The monoisotopic (exact) mass is 521 g/mol. The van der Waals surface area contributed by atoms with E-state index < -0.39 is 6.61 Å². The van der Waals surface area contributed by atoms with E-state index in [1.807, 2.05) is 18.2 Å². The van der Waals surface area contributed by atoms with Gasteiger partial charge in [0.15, 0.2) is 29.0 Å². The zero-order valence-electron chi connectivity index (χ0n) is 15.9. The molecule has 0 atom stereocenters. The topological polar surface area (TPSA) is 73.3 Å². The summed E-state index contributed by atoms with van der Waals surface area (Å²) in [4.78, 5) is 4.16. The Morgan fingerprint density at radius 3 is 2.34 bits per heavy atom. The Labute approximate surface area is 184 Å². The SMILES string of the molecule is CN=C(NCc1ccc2c(c1)OCO2)NCc1ccc(OC)c(OC(F)F)c1.I. The molecule has 0 aromatic heterocycles. The van der Waals surface area contributed by atoms with Crippen LogP contribution in [0.2, 0.25) is 0 Å². The highest BCUT2D eigenvalue weighted by atomic mass is 127. The van der Waals surface area contributed by atoms with Gasteiger partial charge in [-0.15, -0.1) is 24.0 Å². The molecule has 10 heteroatoms. The summed E-state index contributed by atoms with van der Waals surface area (Å²) in [5.41, 5.74) is 1.74. The number of fused-ring (bicyclic) bond motifs is 1. The average Bonchev–Trinajstić information content (AvgIpc) is 3.15. The average molecular weight is 521 g/mol. The van der Waals surface area contributed by atoms with Gasteiger partial charge in [0, 0.05) is 20.1 Å². The molecular weight excluding hydrogens is 499 g/mol. The van der Waals surface area contributed by atoms with Gasteiger partial charge in [0.1, 0.15) is 0 Å². The molecule has 158 valence electrons. The number of halogens is 3. The summed E-state index contributed by atoms with van der Waals surface area (Å²) in [6.45, 7) is -1.80. The second-order valence-electron chi connectivity index (χ2n) is 5.83. The number of alkyl halides is 2. The lowest BCUT2D eigenvalue weighted by atomic mass is 10.2. The molecule has 2 N–H and O–H groups in total. The first-order valence-corrected chi connectivity index (χ1v) is 8.54. The van der Waals surface area contributed by atoms with E-state index >= 15 is 0 Å². The third kappa shape index (κ3) is 6.24. The van der Waals surface area contributed by atoms with Crippen molar-refractivity contribution in [1.82, 2.24) is 10.6 Å². The predicted molar refractivity (Wildman–Crippen MR) is 115 cm³/mol. The highest BCUT2D eigenvalue weighted by Crippen LogP contribution is 2.32. The number of hydrogen-bond donors (Lipinski definition) is 2. The summed E-state index contributed by atoms with van der Waals surface area (Å²) in [7, 11) is 3.04. The van der Waals surface area contributed by atoms with Crippen LogP contribution in [0.3, 0.4) is 0 Å². The van der Waals surface area contributed by atoms with Crippen molar-refractivity contribution < 1.29 is 27.7 Å². The first kappa shape index (κ1) is 22.8. The van der Waals surface area contributed by atoms with Crippen molar-refractivity contribution in [2.75, 3.05) is 21.0 Å². The molecule has 1 heterocycles. The van der Waals surface area contributed by atoms with Crippen LogP contribution in [0, 0.1) is 0 Å². The van der Waals surface area contributed by atoms with Gasteiger partial charge in [-0.1, -0.05) is 12.1 Å². The Morgan fingerprint density at radius 2 is 1.69 bits per heavy atom. The molecule has 0 spiro atoms. The summed E-state index contributed by atoms with van der Waals surface area (Å²) in [6.07, 6.45) is 0. The maximum atomic E-state index is 12.5. The van der Waals surface area contributed by atoms with Crippen molar-refractivity contribution in [3.8, 4) is 23.0 Å². The molecule has 2 aromatic rings. The normalized spacial score (nSPS) is 12.4. The molecule has 0 saturated carbocycles. The molecule has 0 bridgehead atoms. The van der Waals surface area contributed by atoms with Crippen LogP contribution >= 0.6 is 24.0 Å². The van der Waals surface area contributed by atoms with E-state index in [4.69, 9.17) is 14.2 Å². The second-order valence-corrected chi connectivity index (χ2v) is 5.83. The first-order chi connectivity index (χ1) is 13.6. The fraction of sp³-hybridized carbons (Fsp3) is 0.316. The molecule has 0 unspecified atom stereocenters. The number of nitrogens with zero attached hydrogens (tertiary/aromatic N) is 1. The van der Waals surface area contributed by atoms with Crippen molar-refractivity contribution in [2.24, 2.45) is 4.99 Å². The second kappa shape index (κ2) is 10.9. The summed E-state index contributed by atoms with van der Waals surface area (Å²) >= 11 is 0. The van der Waals surface area contributed by atoms with Gasteiger partial charge in [-0.3, -0.25) is 4.99 Å². The molecule has 2 aromatic carbocycles. The third-order valence-corrected chi connectivity index (χ3v) is 4.02. The molecule has 7 nitrogen and oxygen atoms in total. The Morgan fingerprint density at radius 1 is 1.03 bits per heavy atom. The number of ether oxygens (including phenoxy) is 4. The van der Waals surface area contributed by atoms with E-state index in [-0.39, 0.29) is 42.3 Å². The quantitative estimate of drug-likeness (QED) is 0.330. The number of methoxy groups -OCH3 is 1. The van der Waals surface area contributed by atoms with Crippen LogP contribution < -0.4 is 29.6 Å². The highest BCUT2D eigenvalue weighted by molar-refractivity contribution is 14.0. The van der Waals surface area contributed by atoms with Gasteiger partial charge in [-0.05, 0) is 35.4 Å². The Balaban J connectivity index is 0.00000300. The molecule has 29 heavy (non-hydrogen) atoms. The Kier molecular flexibility index (Phi) is 8.55. The van der Waals surface area contributed by atoms with Gasteiger partial charge < -0.3 is 29.6 Å². The van der Waals surface area contributed by atoms with Gasteiger partial charge >= 0.3 is 6.61 Å². The maximum Gasteiger partial charge on any atom is 0.387 e. The third-order valence-electron chi connectivity index (χ3n) is 4.02. The lowest BCUT2D eigenvalue weighted by molar-refractivity contribution is -0.0512. The first-order valence-electron chi connectivity index (χ1n) is 8.54. The predicted octanol–water partition coefficient (Wildman–Crippen LogP) is 3.51. The van der Waals surface area contributed by atoms with Crippen LogP contribution in [0.15, 0.2) is 41.4 Å². The van der Waals surface area contributed by atoms with Crippen LogP contribution in [0.5, 0.6) is 23.0 Å². The maximum absolute atomic E-state index is 12.5. The molecule has 0 aliphatic carbocycles. The number of aliphatic imine (C=N–C) groups is 1. The van der Waals surface area contributed by atoms with Crippen molar-refractivity contribution in [1.29, 1.82) is 0 Å². The Bertz CT molecular complexity index is 852. The fourth-order valence-electron chi connectivity index (χ4n) is 2.66. The lowest BCUT2D eigenvalue weighted by Gasteiger charge is -2.14. The van der Waals surface area contributed by atoms with Gasteiger partial charge in [0.2, 0.25) is 6.79 Å². The van der Waals surface area contributed by atoms with Gasteiger partial charge in [-0.2, -0.15) is 8.78 Å². The summed E-state index contributed by atoms with van der Waals surface area (Å²) in [6, 6.07) is 10.5. The zero-order chi connectivity index (χ0) is 19.9. The molecule has 0 amide bonds. The molecule has 0 saturated heterocycles. The van der Waals surface area contributed by atoms with E-state index in [2.05, 4.69) is 20.4 Å². The van der Waals surface area contributed by atoms with E-state index in [9.17, 15) is 8.78 Å². The van der Waals surface area contributed by atoms with Crippen LogP contribution in [0.4, 0.5) is 8.78 Å². The highest BCUT2D eigenvalue weighted by Gasteiger charge is 2.14. The number of benzene rings is 2. The number of nitrogens with one attached hydrogen (secondary N) is 2. The molecule has 0 radical (unpaired) electrons. The zero-order valence-corrected chi connectivity index (χ0v) is 18.2. The molecule has 0 fully saturated rings. The van der Waals surface area contributed by atoms with Crippen LogP contribution in [-0.2, 0) is 13.1 Å². The number of hydrogen-bond acceptors (Lipinski definition) is 5. The largest absolute Gasteiger partial charge is 0.493 e. The van der Waals surface area contributed by atoms with Crippen molar-refractivity contribution in [3.63, 3.8) is 0 Å². The minimum Gasteiger partial charge on any atom is -0.493 e. The smallest absolute Gasteiger partial charge is 0.387 e. The molecule has 3 rings (SSSR count). The minimum atomic E-state index is -2.92.